The monoisotopic (exact) mass is 359 g/mol. The van der Waals surface area contributed by atoms with Crippen LogP contribution in [0.1, 0.15) is 28.1 Å². The molecule has 5 nitrogen and oxygen atoms in total. The fraction of sp³-hybridized carbons (Fsp3) is 0.421. The van der Waals surface area contributed by atoms with E-state index in [0.717, 1.165) is 19.3 Å². The number of hydrogen-bond acceptors (Lipinski definition) is 5. The quantitative estimate of drug-likeness (QED) is 0.861. The highest BCUT2D eigenvalue weighted by Gasteiger charge is 2.35. The maximum Gasteiger partial charge on any atom is 0.265 e. The molecule has 1 amide bonds. The molecule has 4 rings (SSSR count). The van der Waals surface area contributed by atoms with Gasteiger partial charge in [0, 0.05) is 11.4 Å². The molecule has 6 heteroatoms. The molecule has 1 aromatic carbocycles. The topological polar surface area (TPSA) is 67.8 Å². The molecule has 2 aromatic rings. The number of aliphatic hydroxyl groups is 1. The second-order valence-corrected chi connectivity index (χ2v) is 7.49. The smallest absolute Gasteiger partial charge is 0.265 e. The van der Waals surface area contributed by atoms with E-state index in [4.69, 9.17) is 9.47 Å². The molecule has 2 N–H and O–H groups in total. The molecule has 1 atom stereocenters. The maximum atomic E-state index is 12.8. The van der Waals surface area contributed by atoms with Crippen molar-refractivity contribution in [2.75, 3.05) is 13.2 Å². The van der Waals surface area contributed by atoms with Gasteiger partial charge in [-0.15, -0.1) is 11.3 Å². The van der Waals surface area contributed by atoms with Crippen molar-refractivity contribution in [1.29, 1.82) is 0 Å². The van der Waals surface area contributed by atoms with Crippen molar-refractivity contribution in [2.24, 2.45) is 5.92 Å². The zero-order valence-corrected chi connectivity index (χ0v) is 14.6. The molecule has 2 heterocycles. The molecule has 1 fully saturated rings. The number of ether oxygens (including phenoxy) is 2. The molecule has 0 spiro atoms. The van der Waals surface area contributed by atoms with E-state index in [0.29, 0.717) is 35.5 Å². The third-order valence-electron chi connectivity index (χ3n) is 4.84. The van der Waals surface area contributed by atoms with Gasteiger partial charge in [-0.3, -0.25) is 4.79 Å². The van der Waals surface area contributed by atoms with Crippen LogP contribution in [0.25, 0.3) is 0 Å². The van der Waals surface area contributed by atoms with Gasteiger partial charge in [0.1, 0.15) is 18.1 Å². The lowest BCUT2D eigenvalue weighted by Gasteiger charge is -2.38. The van der Waals surface area contributed by atoms with Crippen LogP contribution in [0.15, 0.2) is 35.7 Å². The number of rotatable bonds is 5. The molecule has 1 aromatic heterocycles. The van der Waals surface area contributed by atoms with E-state index in [-0.39, 0.29) is 18.1 Å². The van der Waals surface area contributed by atoms with Crippen LogP contribution in [0.3, 0.4) is 0 Å². The van der Waals surface area contributed by atoms with Crippen molar-refractivity contribution in [1.82, 2.24) is 5.32 Å². The van der Waals surface area contributed by atoms with E-state index in [9.17, 15) is 9.90 Å². The summed E-state index contributed by atoms with van der Waals surface area (Å²) in [6.45, 7) is 0.980. The first-order chi connectivity index (χ1) is 12.2. The summed E-state index contributed by atoms with van der Waals surface area (Å²) in [4.78, 5) is 13.4. The van der Waals surface area contributed by atoms with Crippen LogP contribution in [-0.2, 0) is 6.42 Å². The van der Waals surface area contributed by atoms with Gasteiger partial charge in [-0.05, 0) is 30.7 Å². The van der Waals surface area contributed by atoms with Crippen LogP contribution < -0.4 is 14.8 Å². The van der Waals surface area contributed by atoms with Crippen molar-refractivity contribution in [3.8, 4) is 11.5 Å². The number of nitrogens with one attached hydrogen (secondary N) is 1. The fourth-order valence-corrected chi connectivity index (χ4v) is 4.25. The Balaban J connectivity index is 1.50. The number of carbonyl (C=O) groups is 1. The predicted molar refractivity (Wildman–Crippen MR) is 95.4 cm³/mol. The van der Waals surface area contributed by atoms with E-state index in [1.807, 2.05) is 23.6 Å². The van der Waals surface area contributed by atoms with Gasteiger partial charge in [-0.25, -0.2) is 0 Å². The SMILES string of the molecule is O=C(NC(Cc1ccccc1)C1CC(O)C1)c1scc2c1OCCO2. The summed E-state index contributed by atoms with van der Waals surface area (Å²) in [6, 6.07) is 10.1. The summed E-state index contributed by atoms with van der Waals surface area (Å²) >= 11 is 1.35. The third-order valence-corrected chi connectivity index (χ3v) is 5.78. The van der Waals surface area contributed by atoms with Crippen LogP contribution in [0, 0.1) is 5.92 Å². The van der Waals surface area contributed by atoms with E-state index in [2.05, 4.69) is 17.4 Å². The lowest BCUT2D eigenvalue weighted by Crippen LogP contribution is -2.48. The molecule has 2 aliphatic rings. The minimum absolute atomic E-state index is 0.000518. The average Bonchev–Trinajstić information content (AvgIpc) is 3.03. The number of benzene rings is 1. The Labute approximate surface area is 150 Å². The highest BCUT2D eigenvalue weighted by molar-refractivity contribution is 7.12. The highest BCUT2D eigenvalue weighted by atomic mass is 32.1. The van der Waals surface area contributed by atoms with Crippen molar-refractivity contribution in [3.05, 3.63) is 46.2 Å². The van der Waals surface area contributed by atoms with E-state index < -0.39 is 0 Å². The molecule has 0 bridgehead atoms. The summed E-state index contributed by atoms with van der Waals surface area (Å²) in [7, 11) is 0. The normalized spacial score (nSPS) is 22.8. The van der Waals surface area contributed by atoms with Crippen LogP contribution in [0.4, 0.5) is 0 Å². The summed E-state index contributed by atoms with van der Waals surface area (Å²) in [5, 5.41) is 14.6. The van der Waals surface area contributed by atoms with Crippen LogP contribution in [0.5, 0.6) is 11.5 Å². The van der Waals surface area contributed by atoms with Gasteiger partial charge in [-0.2, -0.15) is 0 Å². The van der Waals surface area contributed by atoms with Crippen LogP contribution >= 0.6 is 11.3 Å². The first-order valence-electron chi connectivity index (χ1n) is 8.60. The van der Waals surface area contributed by atoms with Gasteiger partial charge in [0.25, 0.3) is 5.91 Å². The molecule has 0 saturated heterocycles. The minimum Gasteiger partial charge on any atom is -0.485 e. The van der Waals surface area contributed by atoms with E-state index in [1.165, 1.54) is 16.9 Å². The van der Waals surface area contributed by atoms with E-state index >= 15 is 0 Å². The van der Waals surface area contributed by atoms with Crippen LogP contribution in [0.2, 0.25) is 0 Å². The molecular weight excluding hydrogens is 338 g/mol. The first kappa shape index (κ1) is 16.4. The molecule has 1 unspecified atom stereocenters. The standard InChI is InChI=1S/C19H21NO4S/c21-14-9-13(10-14)15(8-12-4-2-1-3-5-12)20-19(22)18-17-16(11-25-18)23-6-7-24-17/h1-5,11,13-15,21H,6-10H2,(H,20,22). The summed E-state index contributed by atoms with van der Waals surface area (Å²) < 4.78 is 11.1. The Morgan fingerprint density at radius 3 is 2.76 bits per heavy atom. The zero-order chi connectivity index (χ0) is 17.2. The third kappa shape index (κ3) is 3.50. The van der Waals surface area contributed by atoms with Gasteiger partial charge in [0.2, 0.25) is 0 Å². The number of hydrogen-bond donors (Lipinski definition) is 2. The first-order valence-corrected chi connectivity index (χ1v) is 9.48. The Morgan fingerprint density at radius 1 is 1.24 bits per heavy atom. The fourth-order valence-electron chi connectivity index (χ4n) is 3.42. The number of carbonyl (C=O) groups excluding carboxylic acids is 1. The Hall–Kier alpha value is -2.05. The van der Waals surface area contributed by atoms with Gasteiger partial charge in [0.05, 0.1) is 6.10 Å². The van der Waals surface area contributed by atoms with Crippen LogP contribution in [-0.4, -0.2) is 36.4 Å². The molecule has 1 saturated carbocycles. The molecule has 1 aliphatic carbocycles. The maximum absolute atomic E-state index is 12.8. The van der Waals surface area contributed by atoms with Crippen molar-refractivity contribution < 1.29 is 19.4 Å². The van der Waals surface area contributed by atoms with Crippen molar-refractivity contribution in [3.63, 3.8) is 0 Å². The van der Waals surface area contributed by atoms with Gasteiger partial charge < -0.3 is 19.9 Å². The van der Waals surface area contributed by atoms with Gasteiger partial charge in [0.15, 0.2) is 11.5 Å². The van der Waals surface area contributed by atoms with E-state index in [1.54, 1.807) is 0 Å². The second-order valence-electron chi connectivity index (χ2n) is 6.61. The minimum atomic E-state index is -0.244. The summed E-state index contributed by atoms with van der Waals surface area (Å²) in [5.74, 6) is 1.38. The molecule has 0 radical (unpaired) electrons. The number of amides is 1. The number of thiophene rings is 1. The molecule has 132 valence electrons. The van der Waals surface area contributed by atoms with Crippen molar-refractivity contribution >= 4 is 17.2 Å². The molecule has 1 aliphatic heterocycles. The zero-order valence-electron chi connectivity index (χ0n) is 13.8. The lowest BCUT2D eigenvalue weighted by molar-refractivity contribution is 0.0239. The summed E-state index contributed by atoms with van der Waals surface area (Å²) in [6.07, 6.45) is 1.99. The lowest BCUT2D eigenvalue weighted by atomic mass is 9.75. The largest absolute Gasteiger partial charge is 0.485 e. The van der Waals surface area contributed by atoms with Gasteiger partial charge in [-0.1, -0.05) is 30.3 Å². The second kappa shape index (κ2) is 7.06. The predicted octanol–water partition coefficient (Wildman–Crippen LogP) is 2.63. The Morgan fingerprint density at radius 2 is 2.00 bits per heavy atom. The average molecular weight is 359 g/mol. The number of aliphatic hydroxyl groups excluding tert-OH is 1. The molecular formula is C19H21NO4S. The number of fused-ring (bicyclic) bond motifs is 1. The Bertz CT molecular complexity index is 739. The molecule has 25 heavy (non-hydrogen) atoms. The van der Waals surface area contributed by atoms with Crippen molar-refractivity contribution in [2.45, 2.75) is 31.4 Å². The van der Waals surface area contributed by atoms with Gasteiger partial charge >= 0.3 is 0 Å². The summed E-state index contributed by atoms with van der Waals surface area (Å²) in [5.41, 5.74) is 1.18. The highest BCUT2D eigenvalue weighted by Crippen LogP contribution is 2.39. The Kier molecular flexibility index (Phi) is 4.63.